The number of nitrogens with zero attached hydrogens (tertiary/aromatic N) is 2. The summed E-state index contributed by atoms with van der Waals surface area (Å²) in [5.41, 5.74) is 7.14. The van der Waals surface area contributed by atoms with E-state index in [0.29, 0.717) is 11.5 Å². The molecule has 8 heteroatoms. The van der Waals surface area contributed by atoms with Gasteiger partial charge in [0.2, 0.25) is 5.89 Å². The topological polar surface area (TPSA) is 97.1 Å². The van der Waals surface area contributed by atoms with E-state index in [9.17, 15) is 9.59 Å². The molecule has 3 aromatic rings. The highest BCUT2D eigenvalue weighted by molar-refractivity contribution is 8.00. The quantitative estimate of drug-likeness (QED) is 0.520. The van der Waals surface area contributed by atoms with E-state index in [0.717, 1.165) is 22.9 Å². The summed E-state index contributed by atoms with van der Waals surface area (Å²) < 4.78 is 5.61. The Labute approximate surface area is 160 Å². The van der Waals surface area contributed by atoms with Crippen LogP contribution in [0.25, 0.3) is 11.5 Å². The van der Waals surface area contributed by atoms with Gasteiger partial charge in [0.25, 0.3) is 17.0 Å². The molecule has 0 fully saturated rings. The Morgan fingerprint density at radius 1 is 1.04 bits per heavy atom. The van der Waals surface area contributed by atoms with Crippen LogP contribution in [0.2, 0.25) is 0 Å². The summed E-state index contributed by atoms with van der Waals surface area (Å²) in [5, 5.41) is 7.73. The Hall–Kier alpha value is -3.13. The summed E-state index contributed by atoms with van der Waals surface area (Å²) in [7, 11) is 0. The van der Waals surface area contributed by atoms with Crippen molar-refractivity contribution in [2.45, 2.75) is 24.3 Å². The number of hydrogen-bond acceptors (Lipinski definition) is 6. The predicted molar refractivity (Wildman–Crippen MR) is 102 cm³/mol. The first kappa shape index (κ1) is 18.7. The van der Waals surface area contributed by atoms with Crippen LogP contribution in [-0.4, -0.2) is 27.3 Å². The van der Waals surface area contributed by atoms with Crippen LogP contribution in [0.5, 0.6) is 0 Å². The standard InChI is InChI=1S/C19H18N4O3S/c1-12-7-6-10-15(11-12)18-22-23-19(26-18)27-13(2)16(24)20-21-17(25)14-8-4-3-5-9-14/h3-11,13H,1-2H3,(H,20,24)(H,21,25)/t13-/m1/s1. The molecule has 3 rings (SSSR count). The fourth-order valence-corrected chi connectivity index (χ4v) is 2.92. The number of thioether (sulfide) groups is 1. The molecule has 1 atom stereocenters. The number of benzene rings is 2. The zero-order chi connectivity index (χ0) is 19.2. The third kappa shape index (κ3) is 4.95. The molecule has 2 amide bonds. The fraction of sp³-hybridized carbons (Fsp3) is 0.158. The minimum atomic E-state index is -0.535. The van der Waals surface area contributed by atoms with E-state index in [2.05, 4.69) is 21.0 Å². The van der Waals surface area contributed by atoms with Gasteiger partial charge in [0.1, 0.15) is 0 Å². The van der Waals surface area contributed by atoms with E-state index >= 15 is 0 Å². The van der Waals surface area contributed by atoms with Gasteiger partial charge in [-0.05, 0) is 38.1 Å². The molecule has 1 aromatic heterocycles. The monoisotopic (exact) mass is 382 g/mol. The molecular weight excluding hydrogens is 364 g/mol. The van der Waals surface area contributed by atoms with Gasteiger partial charge in [-0.3, -0.25) is 20.4 Å². The van der Waals surface area contributed by atoms with E-state index in [4.69, 9.17) is 4.42 Å². The van der Waals surface area contributed by atoms with Crippen molar-refractivity contribution in [3.63, 3.8) is 0 Å². The lowest BCUT2D eigenvalue weighted by atomic mass is 10.1. The number of carbonyl (C=O) groups is 2. The number of nitrogens with one attached hydrogen (secondary N) is 2. The number of amides is 2. The summed E-state index contributed by atoms with van der Waals surface area (Å²) in [5.74, 6) is -0.369. The van der Waals surface area contributed by atoms with Crippen LogP contribution in [-0.2, 0) is 4.79 Å². The van der Waals surface area contributed by atoms with Gasteiger partial charge in [-0.25, -0.2) is 0 Å². The zero-order valence-corrected chi connectivity index (χ0v) is 15.6. The maximum Gasteiger partial charge on any atom is 0.277 e. The third-order valence-electron chi connectivity index (χ3n) is 3.65. The van der Waals surface area contributed by atoms with Crippen molar-refractivity contribution >= 4 is 23.6 Å². The highest BCUT2D eigenvalue weighted by atomic mass is 32.2. The number of aryl methyl sites for hydroxylation is 1. The predicted octanol–water partition coefficient (Wildman–Crippen LogP) is 2.99. The number of rotatable bonds is 5. The first-order valence-electron chi connectivity index (χ1n) is 8.25. The molecule has 27 heavy (non-hydrogen) atoms. The summed E-state index contributed by atoms with van der Waals surface area (Å²) in [4.78, 5) is 24.1. The minimum Gasteiger partial charge on any atom is -0.411 e. The molecule has 138 valence electrons. The summed E-state index contributed by atoms with van der Waals surface area (Å²) >= 11 is 1.12. The molecule has 2 N–H and O–H groups in total. The van der Waals surface area contributed by atoms with E-state index in [-0.39, 0.29) is 17.0 Å². The molecule has 0 saturated heterocycles. The molecule has 1 heterocycles. The molecule has 0 saturated carbocycles. The number of carbonyl (C=O) groups excluding carboxylic acids is 2. The van der Waals surface area contributed by atoms with Crippen LogP contribution in [0.3, 0.4) is 0 Å². The third-order valence-corrected chi connectivity index (χ3v) is 4.59. The first-order valence-corrected chi connectivity index (χ1v) is 9.13. The molecule has 0 aliphatic carbocycles. The lowest BCUT2D eigenvalue weighted by molar-refractivity contribution is -0.121. The SMILES string of the molecule is Cc1cccc(-c2nnc(S[C@H](C)C(=O)NNC(=O)c3ccccc3)o2)c1. The van der Waals surface area contributed by atoms with Crippen molar-refractivity contribution in [2.24, 2.45) is 0 Å². The Bertz CT molecular complexity index is 943. The Balaban J connectivity index is 1.55. The van der Waals surface area contributed by atoms with Gasteiger partial charge in [0, 0.05) is 11.1 Å². The van der Waals surface area contributed by atoms with Crippen LogP contribution < -0.4 is 10.9 Å². The average molecular weight is 382 g/mol. The van der Waals surface area contributed by atoms with Gasteiger partial charge < -0.3 is 4.42 Å². The van der Waals surface area contributed by atoms with Crippen LogP contribution in [0.15, 0.2) is 64.2 Å². The van der Waals surface area contributed by atoms with Crippen molar-refractivity contribution in [3.05, 3.63) is 65.7 Å². The van der Waals surface area contributed by atoms with Crippen LogP contribution in [0.1, 0.15) is 22.8 Å². The molecule has 0 aliphatic heterocycles. The van der Waals surface area contributed by atoms with Crippen LogP contribution in [0.4, 0.5) is 0 Å². The Morgan fingerprint density at radius 3 is 2.56 bits per heavy atom. The van der Waals surface area contributed by atoms with Crippen LogP contribution >= 0.6 is 11.8 Å². The molecule has 0 radical (unpaired) electrons. The van der Waals surface area contributed by atoms with Gasteiger partial charge in [-0.2, -0.15) is 0 Å². The van der Waals surface area contributed by atoms with Crippen molar-refractivity contribution in [1.29, 1.82) is 0 Å². The summed E-state index contributed by atoms with van der Waals surface area (Å²) in [6.07, 6.45) is 0. The van der Waals surface area contributed by atoms with Gasteiger partial charge >= 0.3 is 0 Å². The van der Waals surface area contributed by atoms with Gasteiger partial charge in [0.15, 0.2) is 0 Å². The maximum atomic E-state index is 12.2. The van der Waals surface area contributed by atoms with E-state index in [1.54, 1.807) is 31.2 Å². The largest absolute Gasteiger partial charge is 0.411 e. The highest BCUT2D eigenvalue weighted by Crippen LogP contribution is 2.26. The lowest BCUT2D eigenvalue weighted by Gasteiger charge is -2.10. The average Bonchev–Trinajstić information content (AvgIpc) is 3.15. The Kier molecular flexibility index (Phi) is 5.87. The van der Waals surface area contributed by atoms with E-state index < -0.39 is 5.25 Å². The normalized spacial score (nSPS) is 11.6. The van der Waals surface area contributed by atoms with Crippen molar-refractivity contribution < 1.29 is 14.0 Å². The van der Waals surface area contributed by atoms with E-state index in [1.807, 2.05) is 37.3 Å². The number of aromatic nitrogens is 2. The molecular formula is C19H18N4O3S. The zero-order valence-electron chi connectivity index (χ0n) is 14.8. The minimum absolute atomic E-state index is 0.281. The van der Waals surface area contributed by atoms with Gasteiger partial charge in [-0.1, -0.05) is 47.7 Å². The first-order chi connectivity index (χ1) is 13.0. The second kappa shape index (κ2) is 8.50. The molecule has 0 unspecified atom stereocenters. The van der Waals surface area contributed by atoms with Gasteiger partial charge in [0.05, 0.1) is 5.25 Å². The smallest absolute Gasteiger partial charge is 0.277 e. The van der Waals surface area contributed by atoms with Gasteiger partial charge in [-0.15, -0.1) is 10.2 Å². The van der Waals surface area contributed by atoms with Crippen LogP contribution in [0, 0.1) is 6.92 Å². The summed E-state index contributed by atoms with van der Waals surface area (Å²) in [6, 6.07) is 16.3. The van der Waals surface area contributed by atoms with E-state index in [1.165, 1.54) is 0 Å². The van der Waals surface area contributed by atoms with Crippen molar-refractivity contribution in [1.82, 2.24) is 21.0 Å². The highest BCUT2D eigenvalue weighted by Gasteiger charge is 2.19. The number of hydrazine groups is 1. The fourth-order valence-electron chi connectivity index (χ4n) is 2.24. The Morgan fingerprint density at radius 2 is 1.81 bits per heavy atom. The second-order valence-electron chi connectivity index (χ2n) is 5.81. The van der Waals surface area contributed by atoms with Crippen molar-refractivity contribution in [3.8, 4) is 11.5 Å². The second-order valence-corrected chi connectivity index (χ2v) is 7.10. The molecule has 0 bridgehead atoms. The molecule has 2 aromatic carbocycles. The molecule has 0 aliphatic rings. The summed E-state index contributed by atoms with van der Waals surface area (Å²) in [6.45, 7) is 3.66. The number of hydrogen-bond donors (Lipinski definition) is 2. The van der Waals surface area contributed by atoms with Crippen molar-refractivity contribution in [2.75, 3.05) is 0 Å². The lowest BCUT2D eigenvalue weighted by Crippen LogP contribution is -2.44. The molecule has 7 nitrogen and oxygen atoms in total. The molecule has 0 spiro atoms. The maximum absolute atomic E-state index is 12.2.